The van der Waals surface area contributed by atoms with Gasteiger partial charge in [-0.2, -0.15) is 4.98 Å². The van der Waals surface area contributed by atoms with Gasteiger partial charge < -0.3 is 25.2 Å². The van der Waals surface area contributed by atoms with E-state index in [0.717, 1.165) is 18.4 Å². The number of amides is 2. The van der Waals surface area contributed by atoms with Crippen molar-refractivity contribution in [3.05, 3.63) is 60.3 Å². The Kier molecular flexibility index (Phi) is 7.10. The van der Waals surface area contributed by atoms with Crippen LogP contribution in [0.1, 0.15) is 23.3 Å². The lowest BCUT2D eigenvalue weighted by atomic mass is 9.49. The highest BCUT2D eigenvalue weighted by Crippen LogP contribution is 2.38. The fourth-order valence-corrected chi connectivity index (χ4v) is 3.75. The van der Waals surface area contributed by atoms with E-state index in [1.54, 1.807) is 18.2 Å². The summed E-state index contributed by atoms with van der Waals surface area (Å²) in [5.41, 5.74) is 1.70. The van der Waals surface area contributed by atoms with Gasteiger partial charge in [0.05, 0.1) is 47.6 Å². The van der Waals surface area contributed by atoms with Crippen molar-refractivity contribution >= 4 is 52.5 Å². The van der Waals surface area contributed by atoms with Gasteiger partial charge in [0.2, 0.25) is 11.7 Å². The zero-order chi connectivity index (χ0) is 27.6. The molecule has 2 heterocycles. The van der Waals surface area contributed by atoms with Gasteiger partial charge in [-0.15, -0.1) is 10.2 Å². The molecule has 2 amide bonds. The third kappa shape index (κ3) is 6.11. The zero-order valence-corrected chi connectivity index (χ0v) is 20.8. The van der Waals surface area contributed by atoms with Gasteiger partial charge in [0.25, 0.3) is 11.8 Å². The average molecular weight is 515 g/mol. The molecule has 2 aromatic heterocycles. The van der Waals surface area contributed by atoms with E-state index >= 15 is 0 Å². The molecule has 3 N–H and O–H groups in total. The van der Waals surface area contributed by atoms with Crippen molar-refractivity contribution < 1.29 is 18.8 Å². The Bertz CT molecular complexity index is 1520. The molecule has 0 spiro atoms. The minimum Gasteiger partial charge on any atom is -0.494 e. The highest BCUT2D eigenvalue weighted by atomic mass is 16.5. The number of anilines is 3. The van der Waals surface area contributed by atoms with Gasteiger partial charge in [0.15, 0.2) is 17.3 Å². The molecule has 5 rings (SSSR count). The maximum absolute atomic E-state index is 12.9. The number of hydrogen-bond donors (Lipinski definition) is 3. The molecular formula is C25H20B3N7O4. The molecule has 0 atom stereocenters. The summed E-state index contributed by atoms with van der Waals surface area (Å²) in [5, 5.41) is 18.1. The second kappa shape index (κ2) is 10.6. The van der Waals surface area contributed by atoms with E-state index in [1.165, 1.54) is 13.2 Å². The molecule has 4 aromatic rings. The van der Waals surface area contributed by atoms with Crippen LogP contribution in [-0.2, 0) is 4.79 Å². The first-order chi connectivity index (χ1) is 18.7. The summed E-state index contributed by atoms with van der Waals surface area (Å²) in [6.45, 7) is 0. The molecule has 188 valence electrons. The van der Waals surface area contributed by atoms with Crippen molar-refractivity contribution in [2.24, 2.45) is 5.92 Å². The van der Waals surface area contributed by atoms with Crippen LogP contribution in [-0.4, -0.2) is 68.0 Å². The molecule has 1 aliphatic carbocycles. The third-order valence-electron chi connectivity index (χ3n) is 5.72. The fraction of sp³-hybridized carbons (Fsp3) is 0.200. The van der Waals surface area contributed by atoms with Gasteiger partial charge in [0, 0.05) is 17.5 Å². The number of nitrogens with one attached hydrogen (secondary N) is 3. The van der Waals surface area contributed by atoms with Crippen LogP contribution in [0.25, 0.3) is 22.8 Å². The van der Waals surface area contributed by atoms with E-state index < -0.39 is 11.1 Å². The van der Waals surface area contributed by atoms with Crippen molar-refractivity contribution in [3.8, 4) is 28.6 Å². The van der Waals surface area contributed by atoms with Crippen LogP contribution < -0.4 is 20.7 Å². The number of methoxy groups -OCH3 is 1. The predicted molar refractivity (Wildman–Crippen MR) is 146 cm³/mol. The summed E-state index contributed by atoms with van der Waals surface area (Å²) in [5.74, 6) is 0.0818. The monoisotopic (exact) mass is 515 g/mol. The molecule has 14 heteroatoms. The predicted octanol–water partition coefficient (Wildman–Crippen LogP) is 2.14. The number of carbonyl (C=O) groups is 2. The van der Waals surface area contributed by atoms with E-state index in [-0.39, 0.29) is 34.9 Å². The first kappa shape index (κ1) is 26.0. The summed E-state index contributed by atoms with van der Waals surface area (Å²) in [6.07, 6.45) is 1.62. The average Bonchev–Trinajstić information content (AvgIpc) is 3.65. The van der Waals surface area contributed by atoms with E-state index in [9.17, 15) is 9.59 Å². The van der Waals surface area contributed by atoms with Crippen LogP contribution in [0.3, 0.4) is 0 Å². The summed E-state index contributed by atoms with van der Waals surface area (Å²) in [6, 6.07) is 16.0. The van der Waals surface area contributed by atoms with E-state index in [2.05, 4.69) is 36.3 Å². The quantitative estimate of drug-likeness (QED) is 0.286. The lowest BCUT2D eigenvalue weighted by Crippen LogP contribution is -2.50. The normalized spacial score (nSPS) is 12.9. The molecule has 11 nitrogen and oxygen atoms in total. The highest BCUT2D eigenvalue weighted by molar-refractivity contribution is 6.60. The van der Waals surface area contributed by atoms with Crippen molar-refractivity contribution in [1.29, 1.82) is 0 Å². The molecule has 0 bridgehead atoms. The van der Waals surface area contributed by atoms with Gasteiger partial charge in [-0.25, -0.2) is 0 Å². The van der Waals surface area contributed by atoms with Crippen LogP contribution in [0, 0.1) is 5.92 Å². The standard InChI is InChI=1S/C25H20B3N7O4/c1-38-20-15(24-31-21(35-39-24)13-6-3-2-4-7-13)8-5-9-16(20)29-17-12-18(30-22(36)14-10-11-14)33-34-19(17)23(37)32-25(26,27)28/h2-9,12,14H,10-11H2,1H3,(H,32,37)(H2,29,30,33,36). The van der Waals surface area contributed by atoms with E-state index in [4.69, 9.17) is 32.8 Å². The third-order valence-corrected chi connectivity index (χ3v) is 5.72. The van der Waals surface area contributed by atoms with Crippen molar-refractivity contribution in [3.63, 3.8) is 0 Å². The SMILES string of the molecule is [B]C([B])([B])NC(=O)c1nnc(NC(=O)C2CC2)cc1Nc1cccc(-c2nc(-c3ccccc3)no2)c1OC. The van der Waals surface area contributed by atoms with Crippen molar-refractivity contribution in [1.82, 2.24) is 25.7 Å². The summed E-state index contributed by atoms with van der Waals surface area (Å²) >= 11 is 0. The van der Waals surface area contributed by atoms with Crippen LogP contribution in [0.5, 0.6) is 5.75 Å². The Morgan fingerprint density at radius 2 is 1.79 bits per heavy atom. The van der Waals surface area contributed by atoms with Crippen molar-refractivity contribution in [2.45, 2.75) is 18.1 Å². The number of para-hydroxylation sites is 1. The van der Waals surface area contributed by atoms with Crippen molar-refractivity contribution in [2.75, 3.05) is 17.7 Å². The number of benzene rings is 2. The molecule has 0 saturated heterocycles. The Hall–Kier alpha value is -4.61. The first-order valence-electron chi connectivity index (χ1n) is 11.9. The van der Waals surface area contributed by atoms with Gasteiger partial charge in [-0.3, -0.25) is 9.59 Å². The van der Waals surface area contributed by atoms with Crippen LogP contribution in [0.15, 0.2) is 59.1 Å². The number of nitrogens with zero attached hydrogens (tertiary/aromatic N) is 4. The topological polar surface area (TPSA) is 144 Å². The fourth-order valence-electron chi connectivity index (χ4n) is 3.75. The molecule has 2 aromatic carbocycles. The Balaban J connectivity index is 1.50. The van der Waals surface area contributed by atoms with Gasteiger partial charge in [-0.1, -0.05) is 46.8 Å². The summed E-state index contributed by atoms with van der Waals surface area (Å²) in [4.78, 5) is 29.6. The molecule has 6 radical (unpaired) electrons. The smallest absolute Gasteiger partial charge is 0.272 e. The molecule has 1 fully saturated rings. The van der Waals surface area contributed by atoms with Gasteiger partial charge >= 0.3 is 0 Å². The first-order valence-corrected chi connectivity index (χ1v) is 11.9. The maximum atomic E-state index is 12.9. The minimum absolute atomic E-state index is 0.0644. The van der Waals surface area contributed by atoms with E-state index in [0.29, 0.717) is 22.8 Å². The molecule has 1 aliphatic rings. The van der Waals surface area contributed by atoms with Crippen LogP contribution in [0.4, 0.5) is 17.2 Å². The number of carbonyl (C=O) groups excluding carboxylic acids is 2. The van der Waals surface area contributed by atoms with E-state index in [1.807, 2.05) is 30.3 Å². The summed E-state index contributed by atoms with van der Waals surface area (Å²) < 4.78 is 11.2. The second-order valence-electron chi connectivity index (χ2n) is 8.94. The Morgan fingerprint density at radius 3 is 2.49 bits per heavy atom. The number of rotatable bonds is 9. The molecule has 0 aliphatic heterocycles. The maximum Gasteiger partial charge on any atom is 0.272 e. The Labute approximate surface area is 227 Å². The van der Waals surface area contributed by atoms with Crippen LogP contribution >= 0.6 is 0 Å². The molecule has 0 unspecified atom stereocenters. The summed E-state index contributed by atoms with van der Waals surface area (Å²) in [7, 11) is 18.1. The largest absolute Gasteiger partial charge is 0.494 e. The lowest BCUT2D eigenvalue weighted by Gasteiger charge is -2.23. The number of hydrogen-bond acceptors (Lipinski definition) is 9. The molecular weight excluding hydrogens is 495 g/mol. The Morgan fingerprint density at radius 1 is 1.03 bits per heavy atom. The lowest BCUT2D eigenvalue weighted by molar-refractivity contribution is -0.117. The zero-order valence-electron chi connectivity index (χ0n) is 20.8. The number of aromatic nitrogens is 4. The highest BCUT2D eigenvalue weighted by Gasteiger charge is 2.30. The van der Waals surface area contributed by atoms with Gasteiger partial charge in [0.1, 0.15) is 0 Å². The number of ether oxygens (including phenoxy) is 1. The molecule has 39 heavy (non-hydrogen) atoms. The van der Waals surface area contributed by atoms with Gasteiger partial charge in [-0.05, 0) is 25.0 Å². The molecule has 1 saturated carbocycles. The van der Waals surface area contributed by atoms with Crippen LogP contribution in [0.2, 0.25) is 0 Å². The minimum atomic E-state index is -2.00. The second-order valence-corrected chi connectivity index (χ2v) is 8.94.